The van der Waals surface area contributed by atoms with Crippen LogP contribution in [0.1, 0.15) is 11.8 Å². The van der Waals surface area contributed by atoms with Gasteiger partial charge in [0.1, 0.15) is 42.0 Å². The van der Waals surface area contributed by atoms with Gasteiger partial charge in [0.2, 0.25) is 0 Å². The Hall–Kier alpha value is -2.72. The first-order valence-electron chi connectivity index (χ1n) is 8.44. The smallest absolute Gasteiger partial charge is 0.151 e. The molecule has 0 bridgehead atoms. The molecule has 27 heavy (non-hydrogen) atoms. The van der Waals surface area contributed by atoms with Crippen molar-refractivity contribution in [3.63, 3.8) is 0 Å². The lowest BCUT2D eigenvalue weighted by atomic mass is 10.0. The molecular formula is C18H20N4O5. The summed E-state index contributed by atoms with van der Waals surface area (Å²) in [6.07, 6.45) is -2.84. The van der Waals surface area contributed by atoms with E-state index in [1.54, 1.807) is 17.7 Å². The number of ether oxygens (including phenoxy) is 2. The van der Waals surface area contributed by atoms with E-state index in [0.717, 1.165) is 16.9 Å². The minimum Gasteiger partial charge on any atom is -0.497 e. The molecule has 2 aromatic heterocycles. The summed E-state index contributed by atoms with van der Waals surface area (Å²) in [4.78, 5) is 4.06. The number of aliphatic hydroxyl groups excluding tert-OH is 3. The Morgan fingerprint density at radius 2 is 1.96 bits per heavy atom. The topological polar surface area (TPSA) is 135 Å². The summed E-state index contributed by atoms with van der Waals surface area (Å²) < 4.78 is 12.4. The summed E-state index contributed by atoms with van der Waals surface area (Å²) >= 11 is 0. The zero-order valence-corrected chi connectivity index (χ0v) is 14.6. The van der Waals surface area contributed by atoms with Gasteiger partial charge in [0.25, 0.3) is 0 Å². The number of fused-ring (bicyclic) bond motifs is 1. The second kappa shape index (κ2) is 6.78. The zero-order valence-electron chi connectivity index (χ0n) is 14.6. The maximum Gasteiger partial charge on any atom is 0.151 e. The van der Waals surface area contributed by atoms with Gasteiger partial charge in [0.15, 0.2) is 5.82 Å². The quantitative estimate of drug-likeness (QED) is 0.508. The van der Waals surface area contributed by atoms with Crippen molar-refractivity contribution in [2.75, 3.05) is 19.5 Å². The van der Waals surface area contributed by atoms with Gasteiger partial charge in [-0.05, 0) is 23.8 Å². The second-order valence-corrected chi connectivity index (χ2v) is 6.38. The molecule has 142 valence electrons. The van der Waals surface area contributed by atoms with Crippen LogP contribution in [0.25, 0.3) is 16.6 Å². The molecule has 0 radical (unpaired) electrons. The van der Waals surface area contributed by atoms with Crippen LogP contribution in [0.3, 0.4) is 0 Å². The van der Waals surface area contributed by atoms with Crippen LogP contribution in [0.5, 0.6) is 5.75 Å². The first kappa shape index (κ1) is 17.7. The van der Waals surface area contributed by atoms with Gasteiger partial charge in [0.05, 0.1) is 19.4 Å². The number of aliphatic hydroxyl groups is 3. The molecule has 4 rings (SSSR count). The number of anilines is 1. The van der Waals surface area contributed by atoms with E-state index in [0.29, 0.717) is 11.2 Å². The molecule has 1 aromatic carbocycles. The molecule has 0 saturated carbocycles. The molecule has 0 amide bonds. The Bertz CT molecular complexity index is 958. The summed E-state index contributed by atoms with van der Waals surface area (Å²) in [7, 11) is 1.59. The third-order valence-corrected chi connectivity index (χ3v) is 4.85. The van der Waals surface area contributed by atoms with Crippen LogP contribution in [0.2, 0.25) is 0 Å². The Morgan fingerprint density at radius 3 is 2.59 bits per heavy atom. The molecule has 1 fully saturated rings. The van der Waals surface area contributed by atoms with Crippen LogP contribution in [-0.4, -0.2) is 61.9 Å². The number of hydrogen-bond acceptors (Lipinski definition) is 8. The van der Waals surface area contributed by atoms with E-state index in [1.165, 1.54) is 6.33 Å². The highest BCUT2D eigenvalue weighted by Gasteiger charge is 2.44. The van der Waals surface area contributed by atoms with E-state index in [9.17, 15) is 15.3 Å². The standard InChI is InChI=1S/C18H20N4O5/c1-26-10-4-2-9(3-5-10)11-6-12(22-14(11)18(19)20-8-21-22)17-16(25)15(24)13(7-23)27-17/h2-6,8,13,15-17,23-25H,7H2,1H3,(H2,19,20,21)/t13-,15-,16-,17+/m1/s1. The van der Waals surface area contributed by atoms with Crippen molar-refractivity contribution < 1.29 is 24.8 Å². The van der Waals surface area contributed by atoms with Gasteiger partial charge < -0.3 is 30.5 Å². The number of nitrogen functional groups attached to an aromatic ring is 1. The molecule has 9 heteroatoms. The van der Waals surface area contributed by atoms with Crippen molar-refractivity contribution in [3.05, 3.63) is 42.4 Å². The van der Waals surface area contributed by atoms with Crippen molar-refractivity contribution in [3.8, 4) is 16.9 Å². The summed E-state index contributed by atoms with van der Waals surface area (Å²) in [5, 5.41) is 34.1. The predicted octanol–water partition coefficient (Wildman–Crippen LogP) is 0.141. The molecule has 9 nitrogen and oxygen atoms in total. The molecule has 1 aliphatic heterocycles. The fourth-order valence-electron chi connectivity index (χ4n) is 3.43. The fraction of sp³-hybridized carbons (Fsp3) is 0.333. The summed E-state index contributed by atoms with van der Waals surface area (Å²) in [5.74, 6) is 0.990. The van der Waals surface area contributed by atoms with Crippen LogP contribution < -0.4 is 10.5 Å². The Morgan fingerprint density at radius 1 is 1.22 bits per heavy atom. The number of nitrogens with zero attached hydrogens (tertiary/aromatic N) is 3. The second-order valence-electron chi connectivity index (χ2n) is 6.38. The average Bonchev–Trinajstić information content (AvgIpc) is 3.21. The van der Waals surface area contributed by atoms with Gasteiger partial charge in [-0.15, -0.1) is 0 Å². The first-order valence-corrected chi connectivity index (χ1v) is 8.44. The minimum absolute atomic E-state index is 0.272. The van der Waals surface area contributed by atoms with Crippen LogP contribution in [0, 0.1) is 0 Å². The van der Waals surface area contributed by atoms with E-state index < -0.39 is 31.0 Å². The van der Waals surface area contributed by atoms with Crippen molar-refractivity contribution >= 4 is 11.3 Å². The van der Waals surface area contributed by atoms with Crippen LogP contribution in [0.15, 0.2) is 36.7 Å². The van der Waals surface area contributed by atoms with Crippen molar-refractivity contribution in [2.24, 2.45) is 0 Å². The maximum absolute atomic E-state index is 10.4. The molecule has 3 aromatic rings. The van der Waals surface area contributed by atoms with E-state index in [2.05, 4.69) is 10.1 Å². The van der Waals surface area contributed by atoms with Crippen LogP contribution in [-0.2, 0) is 4.74 Å². The van der Waals surface area contributed by atoms with Crippen molar-refractivity contribution in [1.82, 2.24) is 14.6 Å². The summed E-state index contributed by atoms with van der Waals surface area (Å²) in [6, 6.07) is 9.20. The van der Waals surface area contributed by atoms with Gasteiger partial charge in [-0.1, -0.05) is 12.1 Å². The van der Waals surface area contributed by atoms with Crippen molar-refractivity contribution in [1.29, 1.82) is 0 Å². The van der Waals surface area contributed by atoms with Crippen LogP contribution >= 0.6 is 0 Å². The highest BCUT2D eigenvalue weighted by atomic mass is 16.6. The lowest BCUT2D eigenvalue weighted by Gasteiger charge is -2.14. The number of nitrogens with two attached hydrogens (primary N) is 1. The largest absolute Gasteiger partial charge is 0.497 e. The highest BCUT2D eigenvalue weighted by Crippen LogP contribution is 2.39. The lowest BCUT2D eigenvalue weighted by molar-refractivity contribution is -0.0244. The third kappa shape index (κ3) is 2.81. The van der Waals surface area contributed by atoms with E-state index in [1.807, 2.05) is 24.3 Å². The van der Waals surface area contributed by atoms with Gasteiger partial charge in [-0.25, -0.2) is 9.50 Å². The molecule has 1 saturated heterocycles. The SMILES string of the molecule is COc1ccc(-c2cc([C@@H]3O[C@H](CO)[C@@H](O)[C@H]3O)n3ncnc(N)c23)cc1. The summed E-state index contributed by atoms with van der Waals surface area (Å²) in [6.45, 7) is -0.402. The molecule has 1 aliphatic rings. The molecule has 3 heterocycles. The van der Waals surface area contributed by atoms with Gasteiger partial charge in [-0.3, -0.25) is 0 Å². The Balaban J connectivity index is 1.87. The molecule has 0 aliphatic carbocycles. The molecule has 0 unspecified atom stereocenters. The molecule has 0 spiro atoms. The Kier molecular flexibility index (Phi) is 4.44. The first-order chi connectivity index (χ1) is 13.0. The number of rotatable bonds is 4. The van der Waals surface area contributed by atoms with Crippen LogP contribution in [0.4, 0.5) is 5.82 Å². The number of hydrogen-bond donors (Lipinski definition) is 4. The number of aromatic nitrogens is 3. The zero-order chi connectivity index (χ0) is 19.1. The van der Waals surface area contributed by atoms with Gasteiger partial charge in [0, 0.05) is 5.56 Å². The third-order valence-electron chi connectivity index (χ3n) is 4.85. The average molecular weight is 372 g/mol. The van der Waals surface area contributed by atoms with Gasteiger partial charge >= 0.3 is 0 Å². The van der Waals surface area contributed by atoms with Gasteiger partial charge in [-0.2, -0.15) is 5.10 Å². The number of methoxy groups -OCH3 is 1. The van der Waals surface area contributed by atoms with Crippen molar-refractivity contribution in [2.45, 2.75) is 24.4 Å². The van der Waals surface area contributed by atoms with E-state index >= 15 is 0 Å². The Labute approximate surface area is 154 Å². The molecule has 5 N–H and O–H groups in total. The highest BCUT2D eigenvalue weighted by molar-refractivity contribution is 5.88. The predicted molar refractivity (Wildman–Crippen MR) is 96.1 cm³/mol. The monoisotopic (exact) mass is 372 g/mol. The maximum atomic E-state index is 10.4. The van der Waals surface area contributed by atoms with E-state index in [-0.39, 0.29) is 5.82 Å². The lowest BCUT2D eigenvalue weighted by Crippen LogP contribution is -2.32. The number of benzene rings is 1. The summed E-state index contributed by atoms with van der Waals surface area (Å²) in [5.41, 5.74) is 8.77. The fourth-order valence-corrected chi connectivity index (χ4v) is 3.43. The minimum atomic E-state index is -1.21. The molecule has 4 atom stereocenters. The normalized spacial score (nSPS) is 25.2. The molecular weight excluding hydrogens is 352 g/mol. The van der Waals surface area contributed by atoms with E-state index in [4.69, 9.17) is 15.2 Å².